The number of hydrogen-bond donors (Lipinski definition) is 2. The van der Waals surface area contributed by atoms with Gasteiger partial charge >= 0.3 is 0 Å². The molecule has 162 valence electrons. The molecule has 1 atom stereocenters. The Morgan fingerprint density at radius 1 is 1.22 bits per heavy atom. The summed E-state index contributed by atoms with van der Waals surface area (Å²) in [5.41, 5.74) is 9.66. The number of hydrogen-bond acceptors (Lipinski definition) is 6. The van der Waals surface area contributed by atoms with Crippen molar-refractivity contribution in [1.82, 2.24) is 20.0 Å². The number of anilines is 1. The van der Waals surface area contributed by atoms with E-state index in [2.05, 4.69) is 20.4 Å². The Balaban J connectivity index is 1.58. The van der Waals surface area contributed by atoms with E-state index in [9.17, 15) is 4.79 Å². The van der Waals surface area contributed by atoms with Crippen LogP contribution in [0.25, 0.3) is 22.2 Å². The number of rotatable bonds is 5. The molecule has 1 fully saturated rings. The molecular formula is C23H21ClN6O2. The fourth-order valence-electron chi connectivity index (χ4n) is 3.76. The van der Waals surface area contributed by atoms with E-state index in [1.807, 2.05) is 36.4 Å². The molecule has 1 amide bonds. The van der Waals surface area contributed by atoms with Crippen molar-refractivity contribution in [2.45, 2.75) is 18.9 Å². The van der Waals surface area contributed by atoms with Crippen LogP contribution < -0.4 is 11.1 Å². The Kier molecular flexibility index (Phi) is 5.46. The Morgan fingerprint density at radius 2 is 1.97 bits per heavy atom. The lowest BCUT2D eigenvalue weighted by atomic mass is 10.2. The zero-order valence-corrected chi connectivity index (χ0v) is 17.9. The number of carbonyl (C=O) groups is 1. The molecule has 1 aliphatic rings. The highest BCUT2D eigenvalue weighted by Crippen LogP contribution is 2.28. The molecule has 32 heavy (non-hydrogen) atoms. The molecule has 2 aromatic heterocycles. The van der Waals surface area contributed by atoms with Crippen molar-refractivity contribution in [2.24, 2.45) is 5.10 Å². The van der Waals surface area contributed by atoms with Gasteiger partial charge in [0.15, 0.2) is 5.65 Å². The Bertz CT molecular complexity index is 1330. The van der Waals surface area contributed by atoms with Gasteiger partial charge in [0.05, 0.1) is 23.4 Å². The van der Waals surface area contributed by atoms with Gasteiger partial charge in [0.1, 0.15) is 16.9 Å². The number of nitrogen functional groups attached to an aromatic ring is 1. The molecule has 3 N–H and O–H groups in total. The van der Waals surface area contributed by atoms with Crippen molar-refractivity contribution in [3.05, 3.63) is 64.7 Å². The highest BCUT2D eigenvalue weighted by Gasteiger charge is 2.25. The normalized spacial score (nSPS) is 16.3. The molecule has 0 radical (unpaired) electrons. The van der Waals surface area contributed by atoms with Gasteiger partial charge < -0.3 is 15.8 Å². The van der Waals surface area contributed by atoms with Crippen LogP contribution in [0.2, 0.25) is 5.02 Å². The molecule has 0 aliphatic carbocycles. The van der Waals surface area contributed by atoms with Crippen molar-refractivity contribution in [3.8, 4) is 0 Å². The number of fused-ring (bicyclic) bond motifs is 2. The van der Waals surface area contributed by atoms with Crippen LogP contribution in [-0.4, -0.2) is 46.0 Å². The number of nitrogens with zero attached hydrogens (tertiary/aromatic N) is 4. The van der Waals surface area contributed by atoms with Crippen molar-refractivity contribution >= 4 is 51.7 Å². The Morgan fingerprint density at radius 3 is 2.69 bits per heavy atom. The average Bonchev–Trinajstić information content (AvgIpc) is 3.41. The summed E-state index contributed by atoms with van der Waals surface area (Å²) in [7, 11) is 0. The van der Waals surface area contributed by atoms with Crippen LogP contribution in [-0.2, 0) is 4.74 Å². The summed E-state index contributed by atoms with van der Waals surface area (Å²) in [5.74, 6) is -0.154. The van der Waals surface area contributed by atoms with E-state index in [0.29, 0.717) is 33.8 Å². The molecule has 4 aromatic rings. The molecule has 9 heteroatoms. The lowest BCUT2D eigenvalue weighted by Gasteiger charge is -2.10. The molecule has 1 aliphatic heterocycles. The van der Waals surface area contributed by atoms with Gasteiger partial charge in [-0.25, -0.2) is 9.97 Å². The standard InChI is InChI=1S/C23H21ClN6O2/c24-15-9-7-14(8-10-15)12-27-30-21(25)19(23(31)26-13-16-4-3-11-32-16)20-22(30)29-18-6-2-1-5-17(18)28-20/h1-2,5-10,12,16H,3-4,11,13,25H2,(H,26,31)/b27-12-/t16-/m1/s1. The van der Waals surface area contributed by atoms with Crippen molar-refractivity contribution in [3.63, 3.8) is 0 Å². The van der Waals surface area contributed by atoms with E-state index in [0.717, 1.165) is 25.0 Å². The Labute approximate surface area is 189 Å². The van der Waals surface area contributed by atoms with Crippen LogP contribution in [0.15, 0.2) is 53.6 Å². The maximum Gasteiger partial charge on any atom is 0.257 e. The molecule has 0 unspecified atom stereocenters. The second kappa shape index (κ2) is 8.57. The first-order chi connectivity index (χ1) is 15.6. The topological polar surface area (TPSA) is 107 Å². The van der Waals surface area contributed by atoms with Crippen LogP contribution in [0.1, 0.15) is 28.8 Å². The zero-order valence-electron chi connectivity index (χ0n) is 17.2. The third kappa shape index (κ3) is 3.90. The Hall–Kier alpha value is -3.49. The quantitative estimate of drug-likeness (QED) is 0.453. The lowest BCUT2D eigenvalue weighted by Crippen LogP contribution is -2.32. The first-order valence-electron chi connectivity index (χ1n) is 10.4. The average molecular weight is 449 g/mol. The summed E-state index contributed by atoms with van der Waals surface area (Å²) in [6, 6.07) is 14.7. The van der Waals surface area contributed by atoms with Gasteiger partial charge in [-0.15, -0.1) is 0 Å². The van der Waals surface area contributed by atoms with Crippen molar-refractivity contribution in [1.29, 1.82) is 0 Å². The van der Waals surface area contributed by atoms with Crippen molar-refractivity contribution < 1.29 is 9.53 Å². The maximum atomic E-state index is 13.1. The van der Waals surface area contributed by atoms with Gasteiger partial charge in [-0.3, -0.25) is 4.79 Å². The minimum atomic E-state index is -0.326. The number of nitrogens with one attached hydrogen (secondary N) is 1. The van der Waals surface area contributed by atoms with E-state index in [1.165, 1.54) is 4.68 Å². The molecule has 1 saturated heterocycles. The fraction of sp³-hybridized carbons (Fsp3) is 0.217. The predicted molar refractivity (Wildman–Crippen MR) is 125 cm³/mol. The summed E-state index contributed by atoms with van der Waals surface area (Å²) >= 11 is 5.96. The number of carbonyl (C=O) groups excluding carboxylic acids is 1. The van der Waals surface area contributed by atoms with Gasteiger partial charge in [0, 0.05) is 18.2 Å². The summed E-state index contributed by atoms with van der Waals surface area (Å²) in [6.07, 6.45) is 3.58. The fourth-order valence-corrected chi connectivity index (χ4v) is 3.89. The monoisotopic (exact) mass is 448 g/mol. The molecule has 5 rings (SSSR count). The predicted octanol–water partition coefficient (Wildman–Crippen LogP) is 3.61. The van der Waals surface area contributed by atoms with E-state index >= 15 is 0 Å². The number of benzene rings is 2. The minimum absolute atomic E-state index is 0.0170. The zero-order chi connectivity index (χ0) is 22.1. The number of nitrogens with two attached hydrogens (primary N) is 1. The van der Waals surface area contributed by atoms with Crippen LogP contribution in [0, 0.1) is 0 Å². The van der Waals surface area contributed by atoms with E-state index in [1.54, 1.807) is 18.3 Å². The smallest absolute Gasteiger partial charge is 0.257 e. The van der Waals surface area contributed by atoms with Gasteiger partial charge in [-0.05, 0) is 42.7 Å². The highest BCUT2D eigenvalue weighted by molar-refractivity contribution is 6.30. The summed E-state index contributed by atoms with van der Waals surface area (Å²) in [4.78, 5) is 22.5. The summed E-state index contributed by atoms with van der Waals surface area (Å²) in [5, 5.41) is 8.06. The lowest BCUT2D eigenvalue weighted by molar-refractivity contribution is 0.0859. The molecule has 0 spiro atoms. The largest absolute Gasteiger partial charge is 0.383 e. The van der Waals surface area contributed by atoms with Crippen molar-refractivity contribution in [2.75, 3.05) is 18.9 Å². The molecule has 2 aromatic carbocycles. The number of halogens is 1. The molecule has 8 nitrogen and oxygen atoms in total. The second-order valence-electron chi connectivity index (χ2n) is 7.60. The number of aromatic nitrogens is 3. The summed E-state index contributed by atoms with van der Waals surface area (Å²) < 4.78 is 7.05. The SMILES string of the molecule is Nc1c(C(=O)NC[C@H]2CCCO2)c2nc3ccccc3nc2n1/N=C\c1ccc(Cl)cc1. The molecule has 0 bridgehead atoms. The number of para-hydroxylation sites is 2. The molecular weight excluding hydrogens is 428 g/mol. The summed E-state index contributed by atoms with van der Waals surface area (Å²) in [6.45, 7) is 1.14. The minimum Gasteiger partial charge on any atom is -0.383 e. The van der Waals surface area contributed by atoms with Gasteiger partial charge in [-0.2, -0.15) is 9.78 Å². The molecule has 0 saturated carbocycles. The van der Waals surface area contributed by atoms with Crippen LogP contribution in [0.5, 0.6) is 0 Å². The number of ether oxygens (including phenoxy) is 1. The highest BCUT2D eigenvalue weighted by atomic mass is 35.5. The van der Waals surface area contributed by atoms with Gasteiger partial charge in [-0.1, -0.05) is 35.9 Å². The molecule has 3 heterocycles. The first kappa shape index (κ1) is 20.4. The third-order valence-electron chi connectivity index (χ3n) is 5.41. The maximum absolute atomic E-state index is 13.1. The van der Waals surface area contributed by atoms with E-state index < -0.39 is 0 Å². The van der Waals surface area contributed by atoms with Crippen LogP contribution in [0.3, 0.4) is 0 Å². The second-order valence-corrected chi connectivity index (χ2v) is 8.03. The van der Waals surface area contributed by atoms with E-state index in [-0.39, 0.29) is 23.4 Å². The van der Waals surface area contributed by atoms with E-state index in [4.69, 9.17) is 22.1 Å². The number of amides is 1. The first-order valence-corrected chi connectivity index (χ1v) is 10.7. The van der Waals surface area contributed by atoms with Gasteiger partial charge in [0.2, 0.25) is 0 Å². The van der Waals surface area contributed by atoms with Gasteiger partial charge in [0.25, 0.3) is 5.91 Å². The van der Waals surface area contributed by atoms with Crippen LogP contribution >= 0.6 is 11.6 Å². The van der Waals surface area contributed by atoms with Crippen LogP contribution in [0.4, 0.5) is 5.82 Å². The third-order valence-corrected chi connectivity index (χ3v) is 5.66.